The van der Waals surface area contributed by atoms with Gasteiger partial charge in [0.15, 0.2) is 11.0 Å². The first-order valence-electron chi connectivity index (χ1n) is 8.30. The van der Waals surface area contributed by atoms with Gasteiger partial charge in [-0.15, -0.1) is 0 Å². The summed E-state index contributed by atoms with van der Waals surface area (Å²) < 4.78 is 46.3. The number of halogens is 4. The molecular weight excluding hydrogens is 375 g/mol. The second-order valence-electron chi connectivity index (χ2n) is 5.99. The Morgan fingerprint density at radius 2 is 1.96 bits per heavy atom. The minimum atomic E-state index is -4.41. The normalized spacial score (nSPS) is 16.0. The fourth-order valence-electron chi connectivity index (χ4n) is 2.76. The van der Waals surface area contributed by atoms with E-state index >= 15 is 0 Å². The quantitative estimate of drug-likeness (QED) is 0.689. The number of anilines is 1. The zero-order valence-corrected chi connectivity index (χ0v) is 15.4. The highest BCUT2D eigenvalue weighted by atomic mass is 35.5. The van der Waals surface area contributed by atoms with Crippen molar-refractivity contribution in [3.05, 3.63) is 16.5 Å². The highest BCUT2D eigenvalue weighted by Gasteiger charge is 2.29. The lowest BCUT2D eigenvalue weighted by molar-refractivity contribution is -0.176. The number of hydrogen-bond donors (Lipinski definition) is 0. The monoisotopic (exact) mass is 395 g/mol. The standard InChI is InChI=1S/C16H21ClF3N3O3/c1-3-26-15(24)11-4-6-23(7-5-11)14-10(2)21-13(17)12(22-14)8-25-9-16(18,19)20/h11H,3-9H2,1-2H3. The van der Waals surface area contributed by atoms with Crippen LogP contribution in [-0.4, -0.2) is 48.4 Å². The number of aryl methyl sites for hydroxylation is 1. The summed E-state index contributed by atoms with van der Waals surface area (Å²) in [5.41, 5.74) is 0.730. The minimum absolute atomic E-state index is 0.0230. The van der Waals surface area contributed by atoms with E-state index in [9.17, 15) is 18.0 Å². The predicted octanol–water partition coefficient (Wildman–Crippen LogP) is 3.30. The van der Waals surface area contributed by atoms with E-state index in [0.717, 1.165) is 0 Å². The van der Waals surface area contributed by atoms with Crippen LogP contribution < -0.4 is 4.90 Å². The van der Waals surface area contributed by atoms with Crippen molar-refractivity contribution in [3.8, 4) is 0 Å². The van der Waals surface area contributed by atoms with Crippen LogP contribution in [0, 0.1) is 12.8 Å². The number of nitrogens with zero attached hydrogens (tertiary/aromatic N) is 3. The summed E-state index contributed by atoms with van der Waals surface area (Å²) in [6, 6.07) is 0. The molecule has 10 heteroatoms. The van der Waals surface area contributed by atoms with Crippen LogP contribution >= 0.6 is 11.6 Å². The average Bonchev–Trinajstić information content (AvgIpc) is 2.56. The molecule has 1 aromatic rings. The number of carbonyl (C=O) groups is 1. The lowest BCUT2D eigenvalue weighted by Gasteiger charge is -2.32. The highest BCUT2D eigenvalue weighted by molar-refractivity contribution is 6.30. The van der Waals surface area contributed by atoms with Crippen LogP contribution in [0.1, 0.15) is 31.2 Å². The molecule has 1 aromatic heterocycles. The number of alkyl halides is 3. The van der Waals surface area contributed by atoms with Crippen molar-refractivity contribution in [2.45, 2.75) is 39.5 Å². The smallest absolute Gasteiger partial charge is 0.411 e. The minimum Gasteiger partial charge on any atom is -0.466 e. The topological polar surface area (TPSA) is 64.5 Å². The summed E-state index contributed by atoms with van der Waals surface area (Å²) in [6.07, 6.45) is -3.19. The van der Waals surface area contributed by atoms with Gasteiger partial charge >= 0.3 is 12.1 Å². The second-order valence-corrected chi connectivity index (χ2v) is 6.35. The third kappa shape index (κ3) is 5.70. The van der Waals surface area contributed by atoms with Gasteiger partial charge in [-0.2, -0.15) is 13.2 Å². The molecule has 1 aliphatic heterocycles. The maximum Gasteiger partial charge on any atom is 0.411 e. The van der Waals surface area contributed by atoms with Gasteiger partial charge in [0.2, 0.25) is 0 Å². The van der Waals surface area contributed by atoms with Crippen LogP contribution in [0.4, 0.5) is 19.0 Å². The van der Waals surface area contributed by atoms with Gasteiger partial charge in [0, 0.05) is 13.1 Å². The number of ether oxygens (including phenoxy) is 2. The maximum atomic E-state index is 12.2. The van der Waals surface area contributed by atoms with Gasteiger partial charge in [0.25, 0.3) is 0 Å². The van der Waals surface area contributed by atoms with Crippen molar-refractivity contribution in [2.75, 3.05) is 31.2 Å². The maximum absolute atomic E-state index is 12.2. The summed E-state index contributed by atoms with van der Waals surface area (Å²) in [6.45, 7) is 3.24. The summed E-state index contributed by atoms with van der Waals surface area (Å²) >= 11 is 5.98. The summed E-state index contributed by atoms with van der Waals surface area (Å²) in [5.74, 6) is 0.191. The van der Waals surface area contributed by atoms with Gasteiger partial charge in [-0.25, -0.2) is 9.97 Å². The lowest BCUT2D eigenvalue weighted by atomic mass is 9.97. The Bertz CT molecular complexity index is 635. The summed E-state index contributed by atoms with van der Waals surface area (Å²) in [7, 11) is 0. The number of aromatic nitrogens is 2. The van der Waals surface area contributed by atoms with Crippen molar-refractivity contribution < 1.29 is 27.4 Å². The first-order valence-corrected chi connectivity index (χ1v) is 8.68. The molecule has 0 spiro atoms. The van der Waals surface area contributed by atoms with Gasteiger partial charge in [0.1, 0.15) is 12.3 Å². The molecule has 1 saturated heterocycles. The zero-order valence-electron chi connectivity index (χ0n) is 14.6. The molecule has 2 rings (SSSR count). The molecule has 0 N–H and O–H groups in total. The van der Waals surface area contributed by atoms with E-state index in [2.05, 4.69) is 14.7 Å². The summed E-state index contributed by atoms with van der Waals surface area (Å²) in [5, 5.41) is 0.0230. The Labute approximate surface area is 154 Å². The lowest BCUT2D eigenvalue weighted by Crippen LogP contribution is -2.38. The van der Waals surface area contributed by atoms with Crippen LogP contribution in [0.15, 0.2) is 0 Å². The zero-order chi connectivity index (χ0) is 19.3. The Hall–Kier alpha value is -1.61. The third-order valence-electron chi connectivity index (χ3n) is 3.99. The molecule has 0 aliphatic carbocycles. The third-order valence-corrected chi connectivity index (χ3v) is 4.29. The molecule has 0 atom stereocenters. The number of esters is 1. The van der Waals surface area contributed by atoms with Gasteiger partial charge in [-0.1, -0.05) is 11.6 Å². The molecule has 0 radical (unpaired) electrons. The van der Waals surface area contributed by atoms with E-state index in [1.807, 2.05) is 4.90 Å². The molecule has 0 amide bonds. The van der Waals surface area contributed by atoms with E-state index in [1.54, 1.807) is 13.8 Å². The van der Waals surface area contributed by atoms with Gasteiger partial charge in [-0.05, 0) is 26.7 Å². The van der Waals surface area contributed by atoms with Crippen LogP contribution in [0.2, 0.25) is 5.15 Å². The molecule has 6 nitrogen and oxygen atoms in total. The van der Waals surface area contributed by atoms with Crippen LogP contribution in [0.5, 0.6) is 0 Å². The number of rotatable bonds is 6. The Kier molecular flexibility index (Phi) is 7.05. The molecule has 0 saturated carbocycles. The predicted molar refractivity (Wildman–Crippen MR) is 89.1 cm³/mol. The molecule has 146 valence electrons. The van der Waals surface area contributed by atoms with Crippen LogP contribution in [-0.2, 0) is 20.9 Å². The van der Waals surface area contributed by atoms with E-state index < -0.39 is 12.8 Å². The Morgan fingerprint density at radius 1 is 1.31 bits per heavy atom. The van der Waals surface area contributed by atoms with Crippen molar-refractivity contribution in [2.24, 2.45) is 5.92 Å². The van der Waals surface area contributed by atoms with E-state index in [1.165, 1.54) is 0 Å². The van der Waals surface area contributed by atoms with Gasteiger partial charge in [-0.3, -0.25) is 4.79 Å². The molecule has 0 bridgehead atoms. The second kappa shape index (κ2) is 8.85. The molecule has 2 heterocycles. The summed E-state index contributed by atoms with van der Waals surface area (Å²) in [4.78, 5) is 22.3. The van der Waals surface area contributed by atoms with E-state index in [4.69, 9.17) is 16.3 Å². The first kappa shape index (κ1) is 20.7. The largest absolute Gasteiger partial charge is 0.466 e. The Balaban J connectivity index is 2.03. The van der Waals surface area contributed by atoms with Crippen molar-refractivity contribution in [1.29, 1.82) is 0 Å². The molecule has 26 heavy (non-hydrogen) atoms. The van der Waals surface area contributed by atoms with Gasteiger partial charge in [0.05, 0.1) is 24.8 Å². The van der Waals surface area contributed by atoms with E-state index in [0.29, 0.717) is 44.0 Å². The average molecular weight is 396 g/mol. The number of hydrogen-bond acceptors (Lipinski definition) is 6. The molecule has 0 unspecified atom stereocenters. The van der Waals surface area contributed by atoms with Crippen molar-refractivity contribution in [1.82, 2.24) is 9.97 Å². The highest BCUT2D eigenvalue weighted by Crippen LogP contribution is 2.27. The van der Waals surface area contributed by atoms with Crippen molar-refractivity contribution in [3.63, 3.8) is 0 Å². The fraction of sp³-hybridized carbons (Fsp3) is 0.688. The molecule has 1 fully saturated rings. The number of piperidine rings is 1. The SMILES string of the molecule is CCOC(=O)C1CCN(c2nc(COCC(F)(F)F)c(Cl)nc2C)CC1. The van der Waals surface area contributed by atoms with Crippen LogP contribution in [0.3, 0.4) is 0 Å². The number of carbonyl (C=O) groups excluding carboxylic acids is 1. The van der Waals surface area contributed by atoms with Crippen LogP contribution in [0.25, 0.3) is 0 Å². The first-order chi connectivity index (χ1) is 12.2. The Morgan fingerprint density at radius 3 is 2.54 bits per heavy atom. The van der Waals surface area contributed by atoms with E-state index in [-0.39, 0.29) is 29.3 Å². The molecule has 1 aliphatic rings. The fourth-order valence-corrected chi connectivity index (χ4v) is 2.98. The molecule has 0 aromatic carbocycles. The van der Waals surface area contributed by atoms with Crippen molar-refractivity contribution >= 4 is 23.4 Å². The van der Waals surface area contributed by atoms with Gasteiger partial charge < -0.3 is 14.4 Å². The molecular formula is C16H21ClF3N3O3.